The molecule has 2 aromatic rings. The number of aromatic nitrogens is 1. The number of esters is 1. The zero-order valence-electron chi connectivity index (χ0n) is 13.4. The Morgan fingerprint density at radius 1 is 0.958 bits per heavy atom. The van der Waals surface area contributed by atoms with E-state index < -0.39 is 12.1 Å². The van der Waals surface area contributed by atoms with Crippen LogP contribution in [0.1, 0.15) is 41.3 Å². The first-order valence-corrected chi connectivity index (χ1v) is 8.20. The summed E-state index contributed by atoms with van der Waals surface area (Å²) in [5, 5.41) is 0. The molecule has 0 radical (unpaired) electrons. The lowest BCUT2D eigenvalue weighted by Crippen LogP contribution is -2.40. The molecule has 0 unspecified atom stereocenters. The minimum atomic E-state index is -0.912. The number of carbonyl (C=O) groups excluding carboxylic acids is 2. The van der Waals surface area contributed by atoms with Crippen LogP contribution in [0.4, 0.5) is 0 Å². The van der Waals surface area contributed by atoms with Gasteiger partial charge in [0.2, 0.25) is 6.10 Å². The number of likely N-dealkylation sites (tertiary alicyclic amines) is 1. The third-order valence-corrected chi connectivity index (χ3v) is 4.14. The van der Waals surface area contributed by atoms with Crippen molar-refractivity contribution in [2.75, 3.05) is 13.1 Å². The summed E-state index contributed by atoms with van der Waals surface area (Å²) in [6, 6.07) is 12.3. The van der Waals surface area contributed by atoms with Crippen molar-refractivity contribution in [3.63, 3.8) is 0 Å². The molecule has 1 aliphatic rings. The molecular weight excluding hydrogens is 304 g/mol. The van der Waals surface area contributed by atoms with Gasteiger partial charge in [0.05, 0.1) is 5.56 Å². The molecule has 0 spiro atoms. The van der Waals surface area contributed by atoms with Crippen LogP contribution in [0.3, 0.4) is 0 Å². The highest BCUT2D eigenvalue weighted by atomic mass is 16.5. The highest BCUT2D eigenvalue weighted by molar-refractivity contribution is 5.92. The Balaban J connectivity index is 1.82. The Morgan fingerprint density at radius 2 is 1.62 bits per heavy atom. The maximum atomic E-state index is 12.9. The molecule has 1 amide bonds. The van der Waals surface area contributed by atoms with E-state index in [1.54, 1.807) is 17.0 Å². The summed E-state index contributed by atoms with van der Waals surface area (Å²) in [6.07, 6.45) is 5.26. The second-order valence-electron chi connectivity index (χ2n) is 5.82. The van der Waals surface area contributed by atoms with E-state index in [-0.39, 0.29) is 5.91 Å². The van der Waals surface area contributed by atoms with E-state index in [0.29, 0.717) is 11.1 Å². The van der Waals surface area contributed by atoms with E-state index >= 15 is 0 Å². The molecule has 5 heteroatoms. The van der Waals surface area contributed by atoms with Crippen molar-refractivity contribution in [3.05, 3.63) is 66.0 Å². The summed E-state index contributed by atoms with van der Waals surface area (Å²) >= 11 is 0. The van der Waals surface area contributed by atoms with Gasteiger partial charge in [0, 0.05) is 31.0 Å². The number of carbonyl (C=O) groups is 2. The standard InChI is InChI=1S/C19H20N2O3/c22-18(21-13-5-2-6-14-21)17(15-7-3-1-4-8-15)24-19(23)16-9-11-20-12-10-16/h1,3-4,7-12,17H,2,5-6,13-14H2/t17-/m1/s1. The van der Waals surface area contributed by atoms with Crippen molar-refractivity contribution in [2.24, 2.45) is 0 Å². The lowest BCUT2D eigenvalue weighted by molar-refractivity contribution is -0.142. The number of ether oxygens (including phenoxy) is 1. The van der Waals surface area contributed by atoms with Crippen LogP contribution in [-0.2, 0) is 9.53 Å². The lowest BCUT2D eigenvalue weighted by Gasteiger charge is -2.30. The first kappa shape index (κ1) is 16.2. The molecule has 0 N–H and O–H groups in total. The maximum Gasteiger partial charge on any atom is 0.339 e. The molecule has 0 saturated carbocycles. The van der Waals surface area contributed by atoms with Crippen molar-refractivity contribution in [3.8, 4) is 0 Å². The fourth-order valence-corrected chi connectivity index (χ4v) is 2.83. The van der Waals surface area contributed by atoms with Gasteiger partial charge in [-0.2, -0.15) is 0 Å². The van der Waals surface area contributed by atoms with Crippen molar-refractivity contribution >= 4 is 11.9 Å². The number of piperidine rings is 1. The zero-order chi connectivity index (χ0) is 16.8. The molecule has 5 nitrogen and oxygen atoms in total. The quantitative estimate of drug-likeness (QED) is 0.811. The van der Waals surface area contributed by atoms with Crippen LogP contribution >= 0.6 is 0 Å². The minimum Gasteiger partial charge on any atom is -0.444 e. The predicted octanol–water partition coefficient (Wildman–Crippen LogP) is 2.99. The first-order valence-electron chi connectivity index (χ1n) is 8.20. The second-order valence-corrected chi connectivity index (χ2v) is 5.82. The summed E-state index contributed by atoms with van der Waals surface area (Å²) in [5.74, 6) is -0.667. The topological polar surface area (TPSA) is 59.5 Å². The van der Waals surface area contributed by atoms with E-state index in [1.807, 2.05) is 30.3 Å². The van der Waals surface area contributed by atoms with E-state index in [4.69, 9.17) is 4.74 Å². The van der Waals surface area contributed by atoms with Crippen LogP contribution in [0.5, 0.6) is 0 Å². The van der Waals surface area contributed by atoms with E-state index in [1.165, 1.54) is 12.4 Å². The number of nitrogens with zero attached hydrogens (tertiary/aromatic N) is 2. The van der Waals surface area contributed by atoms with E-state index in [0.717, 1.165) is 32.4 Å². The smallest absolute Gasteiger partial charge is 0.339 e. The summed E-state index contributed by atoms with van der Waals surface area (Å²) < 4.78 is 5.58. The van der Waals surface area contributed by atoms with Crippen molar-refractivity contribution in [2.45, 2.75) is 25.4 Å². The predicted molar refractivity (Wildman–Crippen MR) is 89.3 cm³/mol. The van der Waals surface area contributed by atoms with Crippen LogP contribution in [0.15, 0.2) is 54.9 Å². The van der Waals surface area contributed by atoms with Gasteiger partial charge >= 0.3 is 5.97 Å². The molecule has 1 atom stereocenters. The number of benzene rings is 1. The number of rotatable bonds is 4. The Morgan fingerprint density at radius 3 is 2.29 bits per heavy atom. The third-order valence-electron chi connectivity index (χ3n) is 4.14. The molecule has 0 aliphatic carbocycles. The van der Waals surface area contributed by atoms with E-state index in [2.05, 4.69) is 4.98 Å². The summed E-state index contributed by atoms with van der Waals surface area (Å²) in [6.45, 7) is 1.43. The molecule has 2 heterocycles. The average molecular weight is 324 g/mol. The molecule has 124 valence electrons. The minimum absolute atomic E-state index is 0.150. The highest BCUT2D eigenvalue weighted by Gasteiger charge is 2.30. The Labute approximate surface area is 141 Å². The molecule has 1 aromatic carbocycles. The molecule has 24 heavy (non-hydrogen) atoms. The van der Waals surface area contributed by atoms with Crippen LogP contribution in [-0.4, -0.2) is 34.8 Å². The summed E-state index contributed by atoms with van der Waals surface area (Å²) in [4.78, 5) is 31.0. The molecule has 1 aliphatic heterocycles. The largest absolute Gasteiger partial charge is 0.444 e. The highest BCUT2D eigenvalue weighted by Crippen LogP contribution is 2.23. The van der Waals surface area contributed by atoms with Crippen molar-refractivity contribution in [1.29, 1.82) is 0 Å². The fourth-order valence-electron chi connectivity index (χ4n) is 2.83. The molecule has 1 saturated heterocycles. The van der Waals surface area contributed by atoms with Gasteiger partial charge in [-0.05, 0) is 31.4 Å². The second kappa shape index (κ2) is 7.73. The van der Waals surface area contributed by atoms with Gasteiger partial charge in [-0.3, -0.25) is 9.78 Å². The Bertz CT molecular complexity index is 682. The Kier molecular flexibility index (Phi) is 5.21. The van der Waals surface area contributed by atoms with Crippen LogP contribution < -0.4 is 0 Å². The zero-order valence-corrected chi connectivity index (χ0v) is 13.4. The SMILES string of the molecule is O=C(O[C@@H](C(=O)N1CCCCC1)c1ccccc1)c1ccncc1. The van der Waals surface area contributed by atoms with Gasteiger partial charge in [0.15, 0.2) is 0 Å². The van der Waals surface area contributed by atoms with Crippen LogP contribution in [0.25, 0.3) is 0 Å². The van der Waals surface area contributed by atoms with E-state index in [9.17, 15) is 9.59 Å². The van der Waals surface area contributed by atoms with Crippen molar-refractivity contribution in [1.82, 2.24) is 9.88 Å². The first-order chi connectivity index (χ1) is 11.8. The van der Waals surface area contributed by atoms with Crippen LogP contribution in [0.2, 0.25) is 0 Å². The van der Waals surface area contributed by atoms with Gasteiger partial charge in [-0.15, -0.1) is 0 Å². The molecule has 1 fully saturated rings. The summed E-state index contributed by atoms with van der Waals surface area (Å²) in [5.41, 5.74) is 1.08. The summed E-state index contributed by atoms with van der Waals surface area (Å²) in [7, 11) is 0. The number of hydrogen-bond donors (Lipinski definition) is 0. The van der Waals surface area contributed by atoms with Gasteiger partial charge in [0.25, 0.3) is 5.91 Å². The Hall–Kier alpha value is -2.69. The van der Waals surface area contributed by atoms with Gasteiger partial charge in [-0.25, -0.2) is 4.79 Å². The number of pyridine rings is 1. The number of amides is 1. The maximum absolute atomic E-state index is 12.9. The molecular formula is C19H20N2O3. The fraction of sp³-hybridized carbons (Fsp3) is 0.316. The monoisotopic (exact) mass is 324 g/mol. The number of hydrogen-bond acceptors (Lipinski definition) is 4. The molecule has 3 rings (SSSR count). The van der Waals surface area contributed by atoms with Crippen molar-refractivity contribution < 1.29 is 14.3 Å². The molecule has 1 aromatic heterocycles. The van der Waals surface area contributed by atoms with Crippen LogP contribution in [0, 0.1) is 0 Å². The molecule has 0 bridgehead atoms. The van der Waals surface area contributed by atoms with Gasteiger partial charge in [0.1, 0.15) is 0 Å². The van der Waals surface area contributed by atoms with Gasteiger partial charge < -0.3 is 9.64 Å². The average Bonchev–Trinajstić information content (AvgIpc) is 2.67. The lowest BCUT2D eigenvalue weighted by atomic mass is 10.1. The van der Waals surface area contributed by atoms with Gasteiger partial charge in [-0.1, -0.05) is 30.3 Å². The normalized spacial score (nSPS) is 15.6. The third kappa shape index (κ3) is 3.79.